The van der Waals surface area contributed by atoms with Crippen molar-refractivity contribution in [3.05, 3.63) is 48.0 Å². The summed E-state index contributed by atoms with van der Waals surface area (Å²) >= 11 is 0. The molecule has 6 nitrogen and oxygen atoms in total. The Balaban J connectivity index is 0.000000441. The van der Waals surface area contributed by atoms with Crippen LogP contribution in [0, 0.1) is 18.8 Å². The molecule has 0 radical (unpaired) electrons. The Bertz CT molecular complexity index is 702. The molecule has 0 aliphatic carbocycles. The Hall–Kier alpha value is -2.73. The van der Waals surface area contributed by atoms with Gasteiger partial charge in [0.1, 0.15) is 6.79 Å². The molecule has 6 heteroatoms. The van der Waals surface area contributed by atoms with Gasteiger partial charge in [-0.3, -0.25) is 15.0 Å². The molecule has 1 unspecified atom stereocenters. The van der Waals surface area contributed by atoms with Crippen LogP contribution in [0.15, 0.2) is 42.5 Å². The Morgan fingerprint density at radius 3 is 2.15 bits per heavy atom. The van der Waals surface area contributed by atoms with E-state index in [9.17, 15) is 9.59 Å². The van der Waals surface area contributed by atoms with Crippen LogP contribution in [-0.4, -0.2) is 18.6 Å². The Kier molecular flexibility index (Phi) is 11.3. The number of hydrogen-bond donors (Lipinski definition) is 3. The monoisotopic (exact) mass is 359 g/mol. The molecule has 0 saturated carbocycles. The Morgan fingerprint density at radius 1 is 1.08 bits per heavy atom. The van der Waals surface area contributed by atoms with E-state index in [1.807, 2.05) is 26.1 Å². The maximum absolute atomic E-state index is 11.1. The predicted molar refractivity (Wildman–Crippen MR) is 105 cm³/mol. The third kappa shape index (κ3) is 8.94. The molecule has 2 rings (SSSR count). The van der Waals surface area contributed by atoms with Gasteiger partial charge in [0.05, 0.1) is 0 Å². The molecule has 0 aromatic heterocycles. The minimum absolute atomic E-state index is 0.0568. The summed E-state index contributed by atoms with van der Waals surface area (Å²) in [5, 5.41) is 2.64. The van der Waals surface area contributed by atoms with Crippen molar-refractivity contribution in [2.45, 2.75) is 33.6 Å². The number of amides is 2. The van der Waals surface area contributed by atoms with E-state index >= 15 is 0 Å². The fourth-order valence-corrected chi connectivity index (χ4v) is 2.52. The number of rotatable bonds is 5. The van der Waals surface area contributed by atoms with Gasteiger partial charge in [0.2, 0.25) is 11.8 Å². The van der Waals surface area contributed by atoms with E-state index in [2.05, 4.69) is 49.4 Å². The predicted octanol–water partition coefficient (Wildman–Crippen LogP) is 2.48. The van der Waals surface area contributed by atoms with E-state index in [1.54, 1.807) is 0 Å². The maximum atomic E-state index is 11.1. The molecule has 2 aromatic carbocycles. The lowest BCUT2D eigenvalue weighted by Crippen LogP contribution is -2.38. The van der Waals surface area contributed by atoms with Gasteiger partial charge in [-0.2, -0.15) is 0 Å². The van der Waals surface area contributed by atoms with Crippen molar-refractivity contribution in [3.8, 4) is 0 Å². The minimum Gasteiger partial charge on any atom is -0.370 e. The fraction of sp³-hybridized carbons (Fsp3) is 0.350. The SMILES string of the molecule is C=O.CC(C)CC(CC(N)=O)C(=O)NN.Cc1ccc2ccccc2c1. The molecular formula is C20H29N3O3. The first-order valence-electron chi connectivity index (χ1n) is 8.36. The van der Waals surface area contributed by atoms with Gasteiger partial charge in [-0.25, -0.2) is 5.84 Å². The molecule has 2 amide bonds. The van der Waals surface area contributed by atoms with Crippen LogP contribution in [-0.2, 0) is 14.4 Å². The topological polar surface area (TPSA) is 115 Å². The average molecular weight is 359 g/mol. The molecule has 0 heterocycles. The number of nitrogens with two attached hydrogens (primary N) is 2. The van der Waals surface area contributed by atoms with Crippen LogP contribution in [0.5, 0.6) is 0 Å². The molecule has 0 aliphatic rings. The second-order valence-corrected chi connectivity index (χ2v) is 6.36. The minimum atomic E-state index is -0.478. The molecule has 0 aliphatic heterocycles. The summed E-state index contributed by atoms with van der Waals surface area (Å²) in [6.07, 6.45) is 0.674. The molecule has 0 spiro atoms. The van der Waals surface area contributed by atoms with Gasteiger partial charge in [-0.1, -0.05) is 61.9 Å². The molecule has 5 N–H and O–H groups in total. The van der Waals surface area contributed by atoms with Gasteiger partial charge in [0, 0.05) is 12.3 Å². The largest absolute Gasteiger partial charge is 0.370 e. The zero-order valence-corrected chi connectivity index (χ0v) is 15.7. The van der Waals surface area contributed by atoms with E-state index in [1.165, 1.54) is 16.3 Å². The lowest BCUT2D eigenvalue weighted by atomic mass is 9.93. The molecule has 142 valence electrons. The highest BCUT2D eigenvalue weighted by molar-refractivity contribution is 5.84. The first-order chi connectivity index (χ1) is 12.3. The van der Waals surface area contributed by atoms with Gasteiger partial charge in [-0.05, 0) is 30.0 Å². The number of carbonyl (C=O) groups excluding carboxylic acids is 3. The highest BCUT2D eigenvalue weighted by Crippen LogP contribution is 2.15. The zero-order chi connectivity index (χ0) is 20.1. The van der Waals surface area contributed by atoms with Gasteiger partial charge in [0.25, 0.3) is 0 Å². The standard InChI is InChI=1S/C11H10.C8H17N3O2.CH2O/c1-9-6-7-10-4-2-3-5-11(10)8-9;1-5(2)3-6(4-7(9)12)8(13)11-10;1-2/h2-8H,1H3;5-6H,3-4,10H2,1-2H3,(H2,9,12)(H,11,13);1H2. The van der Waals surface area contributed by atoms with Crippen molar-refractivity contribution in [3.63, 3.8) is 0 Å². The van der Waals surface area contributed by atoms with Crippen LogP contribution < -0.4 is 17.0 Å². The molecule has 26 heavy (non-hydrogen) atoms. The third-order valence-electron chi connectivity index (χ3n) is 3.62. The van der Waals surface area contributed by atoms with Crippen LogP contribution in [0.4, 0.5) is 0 Å². The van der Waals surface area contributed by atoms with Gasteiger partial charge in [-0.15, -0.1) is 0 Å². The zero-order valence-electron chi connectivity index (χ0n) is 15.7. The second-order valence-electron chi connectivity index (χ2n) is 6.36. The summed E-state index contributed by atoms with van der Waals surface area (Å²) in [4.78, 5) is 29.8. The second kappa shape index (κ2) is 12.6. The Labute approximate surface area is 154 Å². The number of hydrogen-bond acceptors (Lipinski definition) is 4. The summed E-state index contributed by atoms with van der Waals surface area (Å²) in [7, 11) is 0. The van der Waals surface area contributed by atoms with Gasteiger partial charge >= 0.3 is 0 Å². The number of carbonyl (C=O) groups is 3. The normalized spacial score (nSPS) is 10.8. The van der Waals surface area contributed by atoms with Crippen LogP contribution in [0.3, 0.4) is 0 Å². The van der Waals surface area contributed by atoms with Crippen LogP contribution in [0.25, 0.3) is 10.8 Å². The van der Waals surface area contributed by atoms with Crippen LogP contribution >= 0.6 is 0 Å². The molecule has 0 fully saturated rings. The lowest BCUT2D eigenvalue weighted by Gasteiger charge is -2.15. The number of primary amides is 1. The van der Waals surface area contributed by atoms with Gasteiger partial charge in [0.15, 0.2) is 0 Å². The number of nitrogens with one attached hydrogen (secondary N) is 1. The van der Waals surface area contributed by atoms with Crippen LogP contribution in [0.2, 0.25) is 0 Å². The van der Waals surface area contributed by atoms with Gasteiger partial charge < -0.3 is 10.5 Å². The van der Waals surface area contributed by atoms with E-state index in [4.69, 9.17) is 16.4 Å². The molecular weight excluding hydrogens is 330 g/mol. The van der Waals surface area contributed by atoms with Crippen molar-refractivity contribution < 1.29 is 14.4 Å². The average Bonchev–Trinajstić information content (AvgIpc) is 2.62. The number of benzene rings is 2. The molecule has 2 aromatic rings. The molecule has 0 saturated heterocycles. The summed E-state index contributed by atoms with van der Waals surface area (Å²) in [5.41, 5.74) is 8.35. The molecule has 1 atom stereocenters. The first-order valence-corrected chi connectivity index (χ1v) is 8.36. The first kappa shape index (κ1) is 23.3. The summed E-state index contributed by atoms with van der Waals surface area (Å²) in [5.74, 6) is 4.10. The smallest absolute Gasteiger partial charge is 0.237 e. The fourth-order valence-electron chi connectivity index (χ4n) is 2.52. The van der Waals surface area contributed by atoms with Crippen molar-refractivity contribution in [1.29, 1.82) is 0 Å². The van der Waals surface area contributed by atoms with E-state index < -0.39 is 11.8 Å². The summed E-state index contributed by atoms with van der Waals surface area (Å²) in [6, 6.07) is 14.9. The number of fused-ring (bicyclic) bond motifs is 1. The highest BCUT2D eigenvalue weighted by Gasteiger charge is 2.20. The van der Waals surface area contributed by atoms with Crippen molar-refractivity contribution in [1.82, 2.24) is 5.43 Å². The highest BCUT2D eigenvalue weighted by atomic mass is 16.2. The summed E-state index contributed by atoms with van der Waals surface area (Å²) < 4.78 is 0. The van der Waals surface area contributed by atoms with E-state index in [0.29, 0.717) is 12.3 Å². The third-order valence-corrected chi connectivity index (χ3v) is 3.62. The number of hydrazine groups is 1. The van der Waals surface area contributed by atoms with Crippen molar-refractivity contribution >= 4 is 29.4 Å². The molecule has 0 bridgehead atoms. The van der Waals surface area contributed by atoms with Crippen molar-refractivity contribution in [2.75, 3.05) is 0 Å². The van der Waals surface area contributed by atoms with E-state index in [-0.39, 0.29) is 12.3 Å². The Morgan fingerprint density at radius 2 is 1.65 bits per heavy atom. The lowest BCUT2D eigenvalue weighted by molar-refractivity contribution is -0.129. The number of aryl methyl sites for hydroxylation is 1. The summed E-state index contributed by atoms with van der Waals surface area (Å²) in [6.45, 7) is 8.06. The quantitative estimate of drug-likeness (QED) is 0.432. The van der Waals surface area contributed by atoms with E-state index in [0.717, 1.165) is 0 Å². The van der Waals surface area contributed by atoms with Crippen molar-refractivity contribution in [2.24, 2.45) is 23.4 Å². The maximum Gasteiger partial charge on any atom is 0.237 e. The van der Waals surface area contributed by atoms with Crippen LogP contribution in [0.1, 0.15) is 32.3 Å².